The fourth-order valence-electron chi connectivity index (χ4n) is 14.9. The molecule has 0 nitrogen and oxygen atoms in total. The van der Waals surface area contributed by atoms with E-state index < -0.39 is 0 Å². The van der Waals surface area contributed by atoms with Crippen LogP contribution in [0.1, 0.15) is 0 Å². The maximum atomic E-state index is 2.47. The first kappa shape index (κ1) is 46.8. The van der Waals surface area contributed by atoms with Gasteiger partial charge in [-0.2, -0.15) is 0 Å². The van der Waals surface area contributed by atoms with Crippen LogP contribution in [-0.4, -0.2) is 0 Å². The van der Waals surface area contributed by atoms with Gasteiger partial charge in [0, 0.05) is 0 Å². The number of hydrogen-bond acceptors (Lipinski definition) is 0. The Kier molecular flexibility index (Phi) is 10.2. The highest BCUT2D eigenvalue weighted by atomic mass is 14.3. The van der Waals surface area contributed by atoms with Gasteiger partial charge in [-0.25, -0.2) is 0 Å². The van der Waals surface area contributed by atoms with E-state index in [2.05, 4.69) is 303 Å². The van der Waals surface area contributed by atoms with Gasteiger partial charge in [-0.05, 0) is 210 Å². The first-order valence-corrected chi connectivity index (χ1v) is 29.3. The third-order valence-electron chi connectivity index (χ3n) is 18.5. The standard InChI is InChI=1S/C84H50/c1-2-22-54(23-3-1)76-71-40-15-29-55-43-46-73-79(68-39-18-35-65-62-32-11-9-20-52(62)41-44-66(65)68)80(69-37-16-30-60-47-56-24-4-6-26-58(56)49-74(60)69)81(70-38-17-31-61-48-57-25-5-7-27-59(57)50-75(61)70)84(83(73)77(55)71)82(76)72-45-42-53-21-10-13-34-64(53)78(72)67-36-14-28-51-19-8-12-33-63(51)67/h1-50H. The highest BCUT2D eigenvalue weighted by Crippen LogP contribution is 2.60. The Bertz CT molecular complexity index is 5780. The maximum Gasteiger partial charge on any atom is -0.0000710 e. The molecule has 0 heterocycles. The van der Waals surface area contributed by atoms with Gasteiger partial charge in [0.05, 0.1) is 0 Å². The molecule has 0 spiro atoms. The second-order valence-corrected chi connectivity index (χ2v) is 22.9. The molecule has 0 saturated heterocycles. The largest absolute Gasteiger partial charge is 0.0622 e. The lowest BCUT2D eigenvalue weighted by molar-refractivity contribution is 1.62. The van der Waals surface area contributed by atoms with E-state index in [0.29, 0.717) is 0 Å². The molecule has 0 heteroatoms. The van der Waals surface area contributed by atoms with Crippen molar-refractivity contribution in [1.29, 1.82) is 0 Å². The van der Waals surface area contributed by atoms with Gasteiger partial charge in [-0.15, -0.1) is 0 Å². The first-order valence-electron chi connectivity index (χ1n) is 29.3. The van der Waals surface area contributed by atoms with E-state index in [1.54, 1.807) is 0 Å². The highest BCUT2D eigenvalue weighted by molar-refractivity contribution is 6.40. The van der Waals surface area contributed by atoms with E-state index in [1.807, 2.05) is 0 Å². The summed E-state index contributed by atoms with van der Waals surface area (Å²) in [6.07, 6.45) is 0. The van der Waals surface area contributed by atoms with Gasteiger partial charge in [-0.1, -0.05) is 279 Å². The number of rotatable bonds is 6. The minimum absolute atomic E-state index is 1.18. The minimum atomic E-state index is 1.18. The van der Waals surface area contributed by atoms with Crippen LogP contribution in [0.15, 0.2) is 303 Å². The van der Waals surface area contributed by atoms with Crippen molar-refractivity contribution in [3.8, 4) is 66.8 Å². The summed E-state index contributed by atoms with van der Waals surface area (Å²) in [7, 11) is 0. The van der Waals surface area contributed by atoms with Gasteiger partial charge < -0.3 is 0 Å². The van der Waals surface area contributed by atoms with Crippen LogP contribution in [0.3, 0.4) is 0 Å². The SMILES string of the molecule is c1ccc(-c2c(-c3ccc4ccccc4c3-c3cccc4ccccc34)c3c(-c4cccc5cc6ccccc6cc45)c(-c4cccc5cc6ccccc6cc45)c(-c4cccc5c4ccc4ccccc45)c4ccc5cccc2c5c43)cc1. The highest BCUT2D eigenvalue weighted by Gasteiger charge is 2.32. The summed E-state index contributed by atoms with van der Waals surface area (Å²) in [5.74, 6) is 0. The van der Waals surface area contributed by atoms with Gasteiger partial charge in [0.15, 0.2) is 0 Å². The summed E-state index contributed by atoms with van der Waals surface area (Å²) >= 11 is 0. The van der Waals surface area contributed by atoms with E-state index in [9.17, 15) is 0 Å². The summed E-state index contributed by atoms with van der Waals surface area (Å²) in [4.78, 5) is 0. The van der Waals surface area contributed by atoms with Crippen LogP contribution in [0.2, 0.25) is 0 Å². The van der Waals surface area contributed by atoms with Crippen LogP contribution >= 0.6 is 0 Å². The smallest absolute Gasteiger partial charge is 0.0000710 e. The summed E-state index contributed by atoms with van der Waals surface area (Å²) in [5.41, 5.74) is 14.5. The molecular weight excluding hydrogens is 1010 g/mol. The normalized spacial score (nSPS) is 12.0. The Hall–Kier alpha value is -10.9. The molecule has 0 aromatic heterocycles. The third-order valence-corrected chi connectivity index (χ3v) is 18.5. The predicted octanol–water partition coefficient (Wildman–Crippen LogP) is 23.8. The zero-order valence-corrected chi connectivity index (χ0v) is 45.9. The van der Waals surface area contributed by atoms with Crippen LogP contribution in [0.25, 0.3) is 185 Å². The third kappa shape index (κ3) is 6.89. The van der Waals surface area contributed by atoms with E-state index in [0.717, 1.165) is 0 Å². The van der Waals surface area contributed by atoms with Crippen molar-refractivity contribution in [1.82, 2.24) is 0 Å². The van der Waals surface area contributed by atoms with Gasteiger partial charge >= 0.3 is 0 Å². The Morgan fingerprint density at radius 1 is 0.131 bits per heavy atom. The minimum Gasteiger partial charge on any atom is -0.0622 e. The quantitative estimate of drug-likeness (QED) is 0.115. The molecule has 0 saturated carbocycles. The molecule has 0 atom stereocenters. The Morgan fingerprint density at radius 3 is 1.21 bits per heavy atom. The van der Waals surface area contributed by atoms with E-state index in [-0.39, 0.29) is 0 Å². The molecule has 18 aromatic carbocycles. The topological polar surface area (TPSA) is 0 Å². The van der Waals surface area contributed by atoms with Gasteiger partial charge in [-0.3, -0.25) is 0 Å². The van der Waals surface area contributed by atoms with Gasteiger partial charge in [0.2, 0.25) is 0 Å². The second-order valence-electron chi connectivity index (χ2n) is 22.9. The molecule has 18 rings (SSSR count). The average Bonchev–Trinajstić information content (AvgIpc) is 1.18. The van der Waals surface area contributed by atoms with Crippen LogP contribution in [-0.2, 0) is 0 Å². The van der Waals surface area contributed by atoms with Crippen molar-refractivity contribution in [3.63, 3.8) is 0 Å². The average molecular weight is 1060 g/mol. The zero-order valence-electron chi connectivity index (χ0n) is 45.9. The van der Waals surface area contributed by atoms with Crippen LogP contribution in [0, 0.1) is 0 Å². The molecule has 0 aliphatic rings. The molecule has 0 amide bonds. The van der Waals surface area contributed by atoms with Crippen molar-refractivity contribution in [2.24, 2.45) is 0 Å². The molecule has 0 N–H and O–H groups in total. The summed E-state index contributed by atoms with van der Waals surface area (Å²) in [6.45, 7) is 0. The molecular formula is C84H50. The fraction of sp³-hybridized carbons (Fsp3) is 0. The molecule has 386 valence electrons. The molecule has 0 unspecified atom stereocenters. The van der Waals surface area contributed by atoms with Crippen LogP contribution < -0.4 is 0 Å². The molecule has 0 bridgehead atoms. The van der Waals surface area contributed by atoms with E-state index in [1.165, 1.54) is 185 Å². The molecule has 0 fully saturated rings. The molecule has 0 aliphatic heterocycles. The monoisotopic (exact) mass is 1060 g/mol. The summed E-state index contributed by atoms with van der Waals surface area (Å²) in [5, 5.41) is 27.0. The lowest BCUT2D eigenvalue weighted by atomic mass is 9.73. The maximum absolute atomic E-state index is 2.47. The lowest BCUT2D eigenvalue weighted by Gasteiger charge is -2.30. The first-order chi connectivity index (χ1) is 41.7. The zero-order chi connectivity index (χ0) is 55.0. The second kappa shape index (κ2) is 18.3. The molecule has 0 aliphatic carbocycles. The lowest BCUT2D eigenvalue weighted by Crippen LogP contribution is -2.02. The fourth-order valence-corrected chi connectivity index (χ4v) is 14.9. The summed E-state index contributed by atoms with van der Waals surface area (Å²) < 4.78 is 0. The molecule has 84 heavy (non-hydrogen) atoms. The van der Waals surface area contributed by atoms with E-state index >= 15 is 0 Å². The Balaban J connectivity index is 1.17. The van der Waals surface area contributed by atoms with Gasteiger partial charge in [0.25, 0.3) is 0 Å². The Labute approximate surface area is 485 Å². The van der Waals surface area contributed by atoms with Crippen molar-refractivity contribution in [3.05, 3.63) is 303 Å². The molecule has 0 radical (unpaired) electrons. The Morgan fingerprint density at radius 2 is 0.536 bits per heavy atom. The van der Waals surface area contributed by atoms with Crippen molar-refractivity contribution in [2.75, 3.05) is 0 Å². The molecule has 18 aromatic rings. The van der Waals surface area contributed by atoms with E-state index in [4.69, 9.17) is 0 Å². The predicted molar refractivity (Wildman–Crippen MR) is 363 cm³/mol. The summed E-state index contributed by atoms with van der Waals surface area (Å²) in [6, 6.07) is 115. The van der Waals surface area contributed by atoms with Crippen molar-refractivity contribution < 1.29 is 0 Å². The van der Waals surface area contributed by atoms with Gasteiger partial charge in [0.1, 0.15) is 0 Å². The number of hydrogen-bond donors (Lipinski definition) is 0. The number of fused-ring (bicyclic) bond motifs is 9. The number of benzene rings is 18. The van der Waals surface area contributed by atoms with Crippen LogP contribution in [0.5, 0.6) is 0 Å². The van der Waals surface area contributed by atoms with Crippen molar-refractivity contribution in [2.45, 2.75) is 0 Å². The van der Waals surface area contributed by atoms with Crippen LogP contribution in [0.4, 0.5) is 0 Å². The van der Waals surface area contributed by atoms with Crippen molar-refractivity contribution >= 4 is 118 Å².